The fraction of sp³-hybridized carbons (Fsp3) is 0.133. The van der Waals surface area contributed by atoms with Crippen LogP contribution in [0, 0.1) is 0 Å². The van der Waals surface area contributed by atoms with Crippen LogP contribution in [0.2, 0.25) is 0 Å². The van der Waals surface area contributed by atoms with Gasteiger partial charge < -0.3 is 10.6 Å². The van der Waals surface area contributed by atoms with Gasteiger partial charge in [-0.3, -0.25) is 4.79 Å². The summed E-state index contributed by atoms with van der Waals surface area (Å²) in [6.45, 7) is 0. The topological polar surface area (TPSA) is 101 Å². The Bertz CT molecular complexity index is 833. The molecule has 2 aromatic rings. The van der Waals surface area contributed by atoms with E-state index >= 15 is 0 Å². The summed E-state index contributed by atoms with van der Waals surface area (Å²) >= 11 is 0. The van der Waals surface area contributed by atoms with E-state index in [4.69, 9.17) is 0 Å². The molecule has 8 heteroatoms. The van der Waals surface area contributed by atoms with Gasteiger partial charge >= 0.3 is 0 Å². The number of carbonyl (C=O) groups excluding carboxylic acids is 1. The number of anilines is 2. The van der Waals surface area contributed by atoms with Crippen molar-refractivity contribution < 1.29 is 13.2 Å². The van der Waals surface area contributed by atoms with Gasteiger partial charge in [-0.2, -0.15) is 0 Å². The number of nitrogens with zero attached hydrogens (tertiary/aromatic N) is 2. The Balaban J connectivity index is 1.63. The molecule has 0 bridgehead atoms. The smallest absolute Gasteiger partial charge is 0.254 e. The van der Waals surface area contributed by atoms with Gasteiger partial charge in [0.25, 0.3) is 5.91 Å². The summed E-state index contributed by atoms with van der Waals surface area (Å²) in [5, 5.41) is 6.74. The molecule has 0 radical (unpaired) electrons. The standard InChI is InChI=1S/C15H14N4O3S/c20-14(18-13-6-7-23(21,22)10-13)11-8-16-15(17-9-11)19-12-4-2-1-3-5-12/h1-9,13H,10H2,(H,18,20)(H,16,17,19). The summed E-state index contributed by atoms with van der Waals surface area (Å²) in [6.07, 6.45) is 4.24. The van der Waals surface area contributed by atoms with Crippen LogP contribution < -0.4 is 10.6 Å². The molecule has 118 valence electrons. The molecule has 0 saturated carbocycles. The van der Waals surface area contributed by atoms with Gasteiger partial charge in [0.05, 0.1) is 17.4 Å². The average molecular weight is 330 g/mol. The molecule has 2 heterocycles. The highest BCUT2D eigenvalue weighted by Crippen LogP contribution is 2.12. The lowest BCUT2D eigenvalue weighted by molar-refractivity contribution is 0.0947. The van der Waals surface area contributed by atoms with Gasteiger partial charge in [-0.15, -0.1) is 0 Å². The summed E-state index contributed by atoms with van der Waals surface area (Å²) in [7, 11) is -3.20. The average Bonchev–Trinajstić information content (AvgIpc) is 2.88. The minimum atomic E-state index is -3.20. The predicted molar refractivity (Wildman–Crippen MR) is 85.9 cm³/mol. The van der Waals surface area contributed by atoms with Crippen molar-refractivity contribution >= 4 is 27.4 Å². The van der Waals surface area contributed by atoms with Crippen LogP contribution in [0.3, 0.4) is 0 Å². The van der Waals surface area contributed by atoms with Gasteiger partial charge in [0, 0.05) is 23.5 Å². The van der Waals surface area contributed by atoms with Crippen LogP contribution in [0.4, 0.5) is 11.6 Å². The van der Waals surface area contributed by atoms with Crippen molar-refractivity contribution in [3.8, 4) is 0 Å². The Hall–Kier alpha value is -2.74. The maximum Gasteiger partial charge on any atom is 0.254 e. The third kappa shape index (κ3) is 3.92. The largest absolute Gasteiger partial charge is 0.345 e. The highest BCUT2D eigenvalue weighted by Gasteiger charge is 2.23. The monoisotopic (exact) mass is 330 g/mol. The Morgan fingerprint density at radius 3 is 2.43 bits per heavy atom. The molecule has 0 fully saturated rings. The van der Waals surface area contributed by atoms with Gasteiger partial charge in [0.1, 0.15) is 0 Å². The normalized spacial score (nSPS) is 18.5. The Morgan fingerprint density at radius 2 is 1.83 bits per heavy atom. The van der Waals surface area contributed by atoms with E-state index in [0.717, 1.165) is 11.1 Å². The summed E-state index contributed by atoms with van der Waals surface area (Å²) in [6, 6.07) is 8.89. The molecule has 1 amide bonds. The van der Waals surface area contributed by atoms with Crippen LogP contribution in [0.15, 0.2) is 54.2 Å². The molecule has 1 aromatic carbocycles. The van der Waals surface area contributed by atoms with Gasteiger partial charge in [0.2, 0.25) is 5.95 Å². The van der Waals surface area contributed by atoms with Crippen molar-refractivity contribution in [1.29, 1.82) is 0 Å². The second-order valence-electron chi connectivity index (χ2n) is 5.02. The number of hydrogen-bond donors (Lipinski definition) is 2. The molecule has 7 nitrogen and oxygen atoms in total. The molecule has 1 aliphatic rings. The first kappa shape index (κ1) is 15.2. The third-order valence-electron chi connectivity index (χ3n) is 3.19. The van der Waals surface area contributed by atoms with Gasteiger partial charge in [0.15, 0.2) is 9.84 Å². The van der Waals surface area contributed by atoms with Crippen LogP contribution in [0.5, 0.6) is 0 Å². The Labute approximate surface area is 133 Å². The fourth-order valence-electron chi connectivity index (χ4n) is 2.08. The number of aromatic nitrogens is 2. The lowest BCUT2D eigenvalue weighted by Crippen LogP contribution is -2.35. The zero-order valence-corrected chi connectivity index (χ0v) is 12.8. The van der Waals surface area contributed by atoms with Crippen molar-refractivity contribution in [1.82, 2.24) is 15.3 Å². The number of para-hydroxylation sites is 1. The molecule has 0 saturated heterocycles. The number of rotatable bonds is 4. The van der Waals surface area contributed by atoms with E-state index in [1.54, 1.807) is 0 Å². The molecule has 0 spiro atoms. The Morgan fingerprint density at radius 1 is 1.13 bits per heavy atom. The summed E-state index contributed by atoms with van der Waals surface area (Å²) in [5.41, 5.74) is 1.10. The van der Waals surface area contributed by atoms with Crippen LogP contribution in [0.1, 0.15) is 10.4 Å². The number of benzene rings is 1. The lowest BCUT2D eigenvalue weighted by atomic mass is 10.2. The zero-order chi connectivity index (χ0) is 16.3. The SMILES string of the molecule is O=C(NC1C=CS(=O)(=O)C1)c1cnc(Nc2ccccc2)nc1. The van der Waals surface area contributed by atoms with E-state index in [1.165, 1.54) is 18.5 Å². The number of nitrogens with one attached hydrogen (secondary N) is 2. The van der Waals surface area contributed by atoms with Crippen molar-refractivity contribution in [3.05, 3.63) is 59.8 Å². The van der Waals surface area contributed by atoms with Crippen molar-refractivity contribution in [2.75, 3.05) is 11.1 Å². The predicted octanol–water partition coefficient (Wildman–Crippen LogP) is 1.26. The lowest BCUT2D eigenvalue weighted by Gasteiger charge is -2.10. The highest BCUT2D eigenvalue weighted by atomic mass is 32.2. The van der Waals surface area contributed by atoms with Crippen LogP contribution >= 0.6 is 0 Å². The second-order valence-corrected chi connectivity index (χ2v) is 6.96. The van der Waals surface area contributed by atoms with Crippen LogP contribution in [0.25, 0.3) is 0 Å². The van der Waals surface area contributed by atoms with E-state index in [1.807, 2.05) is 30.3 Å². The minimum Gasteiger partial charge on any atom is -0.345 e. The summed E-state index contributed by atoms with van der Waals surface area (Å²) in [5.74, 6) is -0.160. The van der Waals surface area contributed by atoms with Gasteiger partial charge in [-0.05, 0) is 18.2 Å². The molecule has 3 rings (SSSR count). The minimum absolute atomic E-state index is 0.118. The molecular formula is C15H14N4O3S. The van der Waals surface area contributed by atoms with Crippen LogP contribution in [-0.2, 0) is 9.84 Å². The van der Waals surface area contributed by atoms with Crippen LogP contribution in [-0.4, -0.2) is 36.1 Å². The number of sulfone groups is 1. The van der Waals surface area contributed by atoms with Gasteiger partial charge in [-0.1, -0.05) is 18.2 Å². The number of hydrogen-bond acceptors (Lipinski definition) is 6. The molecule has 1 aliphatic heterocycles. The van der Waals surface area contributed by atoms with Gasteiger partial charge in [-0.25, -0.2) is 18.4 Å². The van der Waals surface area contributed by atoms with E-state index in [2.05, 4.69) is 20.6 Å². The molecule has 1 aromatic heterocycles. The summed E-state index contributed by atoms with van der Waals surface area (Å²) < 4.78 is 22.6. The maximum absolute atomic E-state index is 12.0. The Kier molecular flexibility index (Phi) is 4.07. The first-order chi connectivity index (χ1) is 11.0. The zero-order valence-electron chi connectivity index (χ0n) is 12.0. The van der Waals surface area contributed by atoms with Crippen molar-refractivity contribution in [3.63, 3.8) is 0 Å². The van der Waals surface area contributed by atoms with E-state index in [9.17, 15) is 13.2 Å². The molecule has 2 N–H and O–H groups in total. The molecule has 1 unspecified atom stereocenters. The van der Waals surface area contributed by atoms with E-state index < -0.39 is 21.8 Å². The van der Waals surface area contributed by atoms with Crippen molar-refractivity contribution in [2.24, 2.45) is 0 Å². The maximum atomic E-state index is 12.0. The first-order valence-electron chi connectivity index (χ1n) is 6.88. The quantitative estimate of drug-likeness (QED) is 0.875. The number of amides is 1. The fourth-order valence-corrected chi connectivity index (χ4v) is 3.31. The number of carbonyl (C=O) groups is 1. The second kappa shape index (κ2) is 6.17. The molecule has 0 aliphatic carbocycles. The van der Waals surface area contributed by atoms with Crippen molar-refractivity contribution in [2.45, 2.75) is 6.04 Å². The molecular weight excluding hydrogens is 316 g/mol. The van der Waals surface area contributed by atoms with E-state index in [0.29, 0.717) is 5.95 Å². The van der Waals surface area contributed by atoms with E-state index in [-0.39, 0.29) is 11.3 Å². The molecule has 23 heavy (non-hydrogen) atoms. The third-order valence-corrected chi connectivity index (χ3v) is 4.59. The summed E-state index contributed by atoms with van der Waals surface area (Å²) in [4.78, 5) is 20.2. The highest BCUT2D eigenvalue weighted by molar-refractivity contribution is 7.94. The first-order valence-corrected chi connectivity index (χ1v) is 8.59. The molecule has 1 atom stereocenters.